The highest BCUT2D eigenvalue weighted by Gasteiger charge is 2.32. The Kier molecular flexibility index (Phi) is 4.94. The first-order valence-electron chi connectivity index (χ1n) is 8.29. The predicted octanol–water partition coefficient (Wildman–Crippen LogP) is 4.22. The number of hydrogen-bond donors (Lipinski definition) is 0. The van der Waals surface area contributed by atoms with Crippen LogP contribution in [0.5, 0.6) is 0 Å². The predicted molar refractivity (Wildman–Crippen MR) is 92.6 cm³/mol. The Balaban J connectivity index is 1.84. The lowest BCUT2D eigenvalue weighted by Gasteiger charge is -2.34. The maximum atomic E-state index is 12.2. The van der Waals surface area contributed by atoms with E-state index in [9.17, 15) is 9.59 Å². The molecular formula is C20H21NO3. The Labute approximate surface area is 142 Å². The fourth-order valence-electron chi connectivity index (χ4n) is 3.08. The molecule has 4 nitrogen and oxygen atoms in total. The summed E-state index contributed by atoms with van der Waals surface area (Å²) in [7, 11) is 0. The highest BCUT2D eigenvalue weighted by Crippen LogP contribution is 2.31. The quantitative estimate of drug-likeness (QED) is 0.850. The summed E-state index contributed by atoms with van der Waals surface area (Å²) >= 11 is 0. The molecular weight excluding hydrogens is 302 g/mol. The number of rotatable bonds is 3. The number of nitrogens with zero attached hydrogens (tertiary/aromatic N) is 1. The van der Waals surface area contributed by atoms with E-state index in [0.29, 0.717) is 26.0 Å². The molecule has 0 N–H and O–H groups in total. The molecule has 1 unspecified atom stereocenters. The fourth-order valence-corrected chi connectivity index (χ4v) is 3.08. The van der Waals surface area contributed by atoms with Crippen molar-refractivity contribution in [3.05, 3.63) is 60.2 Å². The minimum absolute atomic E-state index is 0.188. The van der Waals surface area contributed by atoms with Crippen molar-refractivity contribution in [1.82, 2.24) is 4.90 Å². The molecule has 1 heterocycles. The molecule has 2 aromatic carbocycles. The van der Waals surface area contributed by atoms with Gasteiger partial charge in [-0.25, -0.2) is 4.79 Å². The molecule has 0 bridgehead atoms. The van der Waals surface area contributed by atoms with Crippen molar-refractivity contribution in [2.24, 2.45) is 0 Å². The zero-order valence-electron chi connectivity index (χ0n) is 13.8. The maximum absolute atomic E-state index is 12.2. The number of Topliss-reactive ketones (excluding diaryl/α,β-unsaturated/α-hetero) is 1. The van der Waals surface area contributed by atoms with Gasteiger partial charge in [-0.3, -0.25) is 4.79 Å². The van der Waals surface area contributed by atoms with Crippen LogP contribution in [0.25, 0.3) is 11.1 Å². The Hall–Kier alpha value is -2.62. The molecule has 1 aliphatic heterocycles. The first-order valence-corrected chi connectivity index (χ1v) is 8.29. The van der Waals surface area contributed by atoms with E-state index < -0.39 is 0 Å². The molecule has 24 heavy (non-hydrogen) atoms. The molecule has 124 valence electrons. The highest BCUT2D eigenvalue weighted by atomic mass is 16.6. The number of benzene rings is 2. The summed E-state index contributed by atoms with van der Waals surface area (Å²) in [4.78, 5) is 25.7. The van der Waals surface area contributed by atoms with Crippen molar-refractivity contribution < 1.29 is 14.3 Å². The van der Waals surface area contributed by atoms with Crippen molar-refractivity contribution in [3.63, 3.8) is 0 Å². The van der Waals surface area contributed by atoms with Crippen LogP contribution in [0.1, 0.15) is 31.4 Å². The molecule has 4 heteroatoms. The lowest BCUT2D eigenvalue weighted by molar-refractivity contribution is -0.122. The zero-order chi connectivity index (χ0) is 16.9. The van der Waals surface area contributed by atoms with E-state index in [1.165, 1.54) is 0 Å². The Bertz CT molecular complexity index is 709. The molecule has 0 radical (unpaired) electrons. The first kappa shape index (κ1) is 16.2. The second-order valence-corrected chi connectivity index (χ2v) is 5.89. The third-order valence-corrected chi connectivity index (χ3v) is 4.33. The minimum atomic E-state index is -0.345. The average molecular weight is 323 g/mol. The molecule has 0 aliphatic carbocycles. The summed E-state index contributed by atoms with van der Waals surface area (Å²) in [6.45, 7) is 2.54. The topological polar surface area (TPSA) is 46.6 Å². The van der Waals surface area contributed by atoms with Gasteiger partial charge in [0.15, 0.2) is 0 Å². The molecule has 1 saturated heterocycles. The molecule has 0 aromatic heterocycles. The standard InChI is InChI=1S/C20H21NO3/c1-2-24-20(23)21-13-12-18(22)14-19(21)17-10-8-16(9-11-17)15-6-4-3-5-7-15/h3-11,19H,2,12-14H2,1H3. The van der Waals surface area contributed by atoms with Gasteiger partial charge in [0.2, 0.25) is 0 Å². The van der Waals surface area contributed by atoms with Crippen LogP contribution >= 0.6 is 0 Å². The summed E-state index contributed by atoms with van der Waals surface area (Å²) in [6, 6.07) is 17.9. The monoisotopic (exact) mass is 323 g/mol. The van der Waals surface area contributed by atoms with Crippen LogP contribution < -0.4 is 0 Å². The van der Waals surface area contributed by atoms with Crippen molar-refractivity contribution in [2.75, 3.05) is 13.2 Å². The molecule has 0 saturated carbocycles. The summed E-state index contributed by atoms with van der Waals surface area (Å²) in [6.07, 6.45) is 0.406. The van der Waals surface area contributed by atoms with Gasteiger partial charge >= 0.3 is 6.09 Å². The van der Waals surface area contributed by atoms with E-state index in [2.05, 4.69) is 12.1 Å². The van der Waals surface area contributed by atoms with Gasteiger partial charge in [0.1, 0.15) is 5.78 Å². The number of carbonyl (C=O) groups is 2. The molecule has 1 atom stereocenters. The van der Waals surface area contributed by atoms with Crippen LogP contribution in [-0.2, 0) is 9.53 Å². The molecule has 1 aliphatic rings. The van der Waals surface area contributed by atoms with Gasteiger partial charge in [0, 0.05) is 19.4 Å². The summed E-state index contributed by atoms with van der Waals surface area (Å²) in [5, 5.41) is 0. The van der Waals surface area contributed by atoms with Crippen molar-refractivity contribution in [1.29, 1.82) is 0 Å². The SMILES string of the molecule is CCOC(=O)N1CCC(=O)CC1c1ccc(-c2ccccc2)cc1. The van der Waals surface area contributed by atoms with Gasteiger partial charge in [0.25, 0.3) is 0 Å². The number of amides is 1. The van der Waals surface area contributed by atoms with Gasteiger partial charge in [-0.05, 0) is 23.6 Å². The number of piperidine rings is 1. The summed E-state index contributed by atoms with van der Waals surface area (Å²) < 4.78 is 5.14. The van der Waals surface area contributed by atoms with E-state index in [1.807, 2.05) is 42.5 Å². The molecule has 1 amide bonds. The number of ether oxygens (including phenoxy) is 1. The van der Waals surface area contributed by atoms with Crippen LogP contribution in [0.15, 0.2) is 54.6 Å². The van der Waals surface area contributed by atoms with Crippen molar-refractivity contribution in [2.45, 2.75) is 25.8 Å². The Morgan fingerprint density at radius 3 is 2.42 bits per heavy atom. The minimum Gasteiger partial charge on any atom is -0.450 e. The largest absolute Gasteiger partial charge is 0.450 e. The highest BCUT2D eigenvalue weighted by molar-refractivity contribution is 5.82. The molecule has 2 aromatic rings. The average Bonchev–Trinajstić information content (AvgIpc) is 2.63. The normalized spacial score (nSPS) is 17.6. The Morgan fingerprint density at radius 1 is 1.08 bits per heavy atom. The third kappa shape index (κ3) is 3.48. The smallest absolute Gasteiger partial charge is 0.410 e. The van der Waals surface area contributed by atoms with Crippen LogP contribution in [0.3, 0.4) is 0 Å². The third-order valence-electron chi connectivity index (χ3n) is 4.33. The van der Waals surface area contributed by atoms with Crippen molar-refractivity contribution in [3.8, 4) is 11.1 Å². The number of ketones is 1. The van der Waals surface area contributed by atoms with E-state index >= 15 is 0 Å². The van der Waals surface area contributed by atoms with Crippen LogP contribution in [0.4, 0.5) is 4.79 Å². The van der Waals surface area contributed by atoms with Gasteiger partial charge in [0.05, 0.1) is 12.6 Å². The van der Waals surface area contributed by atoms with Gasteiger partial charge < -0.3 is 9.64 Å². The number of hydrogen-bond acceptors (Lipinski definition) is 3. The zero-order valence-corrected chi connectivity index (χ0v) is 13.8. The van der Waals surface area contributed by atoms with E-state index in [0.717, 1.165) is 16.7 Å². The first-order chi connectivity index (χ1) is 11.7. The van der Waals surface area contributed by atoms with E-state index in [1.54, 1.807) is 11.8 Å². The summed E-state index contributed by atoms with van der Waals surface area (Å²) in [5.74, 6) is 0.188. The van der Waals surface area contributed by atoms with Crippen LogP contribution in [0, 0.1) is 0 Å². The van der Waals surface area contributed by atoms with E-state index in [4.69, 9.17) is 4.74 Å². The fraction of sp³-hybridized carbons (Fsp3) is 0.300. The molecule has 0 spiro atoms. The second-order valence-electron chi connectivity index (χ2n) is 5.89. The number of carbonyl (C=O) groups excluding carboxylic acids is 2. The van der Waals surface area contributed by atoms with Gasteiger partial charge in [-0.1, -0.05) is 54.6 Å². The second kappa shape index (κ2) is 7.30. The van der Waals surface area contributed by atoms with Crippen molar-refractivity contribution >= 4 is 11.9 Å². The molecule has 1 fully saturated rings. The summed E-state index contributed by atoms with van der Waals surface area (Å²) in [5.41, 5.74) is 3.23. The Morgan fingerprint density at radius 2 is 1.75 bits per heavy atom. The lowest BCUT2D eigenvalue weighted by Crippen LogP contribution is -2.41. The van der Waals surface area contributed by atoms with Gasteiger partial charge in [-0.15, -0.1) is 0 Å². The molecule has 3 rings (SSSR count). The van der Waals surface area contributed by atoms with Gasteiger partial charge in [-0.2, -0.15) is 0 Å². The van der Waals surface area contributed by atoms with E-state index in [-0.39, 0.29) is 17.9 Å². The van der Waals surface area contributed by atoms with Crippen LogP contribution in [-0.4, -0.2) is 29.9 Å². The number of likely N-dealkylation sites (tertiary alicyclic amines) is 1. The lowest BCUT2D eigenvalue weighted by atomic mass is 9.93. The van der Waals surface area contributed by atoms with Crippen LogP contribution in [0.2, 0.25) is 0 Å². The maximum Gasteiger partial charge on any atom is 0.410 e.